The van der Waals surface area contributed by atoms with Crippen molar-refractivity contribution >= 4 is 26.0 Å². The summed E-state index contributed by atoms with van der Waals surface area (Å²) in [5, 5.41) is 0. The molecule has 0 aliphatic rings. The van der Waals surface area contributed by atoms with Crippen molar-refractivity contribution in [2.45, 2.75) is 5.51 Å². The molecule has 0 aromatic heterocycles. The Kier molecular flexibility index (Phi) is 4.56. The summed E-state index contributed by atoms with van der Waals surface area (Å²) in [6.45, 7) is 0. The Balaban J connectivity index is 3.35. The summed E-state index contributed by atoms with van der Waals surface area (Å²) in [5.74, 6) is -0.743. The van der Waals surface area contributed by atoms with E-state index in [1.807, 2.05) is 0 Å². The van der Waals surface area contributed by atoms with E-state index in [0.717, 1.165) is 7.11 Å². The zero-order valence-electron chi connectivity index (χ0n) is 9.62. The SMILES string of the molecule is COc1ccc(OC)c(OS(=O)(=O)C(F)(F)F)c1Br. The maximum absolute atomic E-state index is 12.3. The molecule has 0 bridgehead atoms. The van der Waals surface area contributed by atoms with E-state index in [4.69, 9.17) is 9.47 Å². The van der Waals surface area contributed by atoms with Crippen molar-refractivity contribution in [1.82, 2.24) is 0 Å². The molecule has 0 radical (unpaired) electrons. The van der Waals surface area contributed by atoms with Crippen LogP contribution < -0.4 is 13.7 Å². The van der Waals surface area contributed by atoms with Gasteiger partial charge in [0.1, 0.15) is 10.2 Å². The van der Waals surface area contributed by atoms with Crippen LogP contribution in [0.3, 0.4) is 0 Å². The molecule has 0 aliphatic carbocycles. The van der Waals surface area contributed by atoms with Crippen molar-refractivity contribution < 1.29 is 35.2 Å². The molecular weight excluding hydrogens is 357 g/mol. The molecule has 19 heavy (non-hydrogen) atoms. The first-order valence-corrected chi connectivity index (χ1v) is 6.75. The van der Waals surface area contributed by atoms with Crippen LogP contribution in [0, 0.1) is 0 Å². The fourth-order valence-electron chi connectivity index (χ4n) is 1.07. The maximum Gasteiger partial charge on any atom is 0.534 e. The van der Waals surface area contributed by atoms with Crippen LogP contribution in [0.25, 0.3) is 0 Å². The van der Waals surface area contributed by atoms with Gasteiger partial charge in [-0.2, -0.15) is 21.6 Å². The molecule has 1 aromatic rings. The number of alkyl halides is 3. The third-order valence-electron chi connectivity index (χ3n) is 1.94. The Morgan fingerprint density at radius 3 is 2.00 bits per heavy atom. The molecule has 0 N–H and O–H groups in total. The molecule has 0 unspecified atom stereocenters. The lowest BCUT2D eigenvalue weighted by Crippen LogP contribution is -2.28. The molecule has 0 aliphatic heterocycles. The van der Waals surface area contributed by atoms with E-state index in [9.17, 15) is 21.6 Å². The molecule has 10 heteroatoms. The Morgan fingerprint density at radius 1 is 1.11 bits per heavy atom. The Labute approximate surface area is 115 Å². The Hall–Kier alpha value is -1.16. The van der Waals surface area contributed by atoms with Gasteiger partial charge in [0.05, 0.1) is 14.2 Å². The van der Waals surface area contributed by atoms with Crippen molar-refractivity contribution in [3.8, 4) is 17.2 Å². The van der Waals surface area contributed by atoms with Gasteiger partial charge in [-0.3, -0.25) is 0 Å². The second-order valence-electron chi connectivity index (χ2n) is 3.10. The number of halogens is 4. The van der Waals surface area contributed by atoms with E-state index in [0.29, 0.717) is 0 Å². The van der Waals surface area contributed by atoms with Crippen molar-refractivity contribution in [3.63, 3.8) is 0 Å². The lowest BCUT2D eigenvalue weighted by molar-refractivity contribution is -0.0500. The predicted molar refractivity (Wildman–Crippen MR) is 62.8 cm³/mol. The average molecular weight is 365 g/mol. The normalized spacial score (nSPS) is 12.1. The van der Waals surface area contributed by atoms with E-state index in [2.05, 4.69) is 20.1 Å². The van der Waals surface area contributed by atoms with Gasteiger partial charge in [0.25, 0.3) is 0 Å². The number of ether oxygens (including phenoxy) is 2. The molecular formula is C9H8BrF3O5S. The number of hydrogen-bond donors (Lipinski definition) is 0. The molecule has 108 valence electrons. The molecule has 1 rings (SSSR count). The van der Waals surface area contributed by atoms with Crippen molar-refractivity contribution in [2.24, 2.45) is 0 Å². The maximum atomic E-state index is 12.3. The van der Waals surface area contributed by atoms with Crippen LogP contribution in [0.15, 0.2) is 16.6 Å². The minimum absolute atomic E-state index is 0.0909. The van der Waals surface area contributed by atoms with Gasteiger partial charge in [-0.25, -0.2) is 0 Å². The first-order chi connectivity index (χ1) is 8.64. The zero-order chi connectivity index (χ0) is 14.8. The molecule has 0 fully saturated rings. The summed E-state index contributed by atoms with van der Waals surface area (Å²) < 4.78 is 72.3. The summed E-state index contributed by atoms with van der Waals surface area (Å²) in [6, 6.07) is 2.58. The van der Waals surface area contributed by atoms with Crippen molar-refractivity contribution in [1.29, 1.82) is 0 Å². The van der Waals surface area contributed by atoms with E-state index in [1.54, 1.807) is 0 Å². The molecule has 1 aromatic carbocycles. The lowest BCUT2D eigenvalue weighted by atomic mass is 10.3. The molecule has 0 saturated carbocycles. The second kappa shape index (κ2) is 5.45. The number of benzene rings is 1. The second-order valence-corrected chi connectivity index (χ2v) is 5.43. The van der Waals surface area contributed by atoms with Gasteiger partial charge < -0.3 is 13.7 Å². The fraction of sp³-hybridized carbons (Fsp3) is 0.333. The number of methoxy groups -OCH3 is 2. The number of rotatable bonds is 4. The lowest BCUT2D eigenvalue weighted by Gasteiger charge is -2.15. The largest absolute Gasteiger partial charge is 0.534 e. The van der Waals surface area contributed by atoms with Crippen LogP contribution in [0.2, 0.25) is 0 Å². The van der Waals surface area contributed by atoms with Gasteiger partial charge >= 0.3 is 15.6 Å². The molecule has 0 atom stereocenters. The van der Waals surface area contributed by atoms with E-state index < -0.39 is 21.4 Å². The van der Waals surface area contributed by atoms with Gasteiger partial charge in [-0.15, -0.1) is 0 Å². The molecule has 0 spiro atoms. The molecule has 0 saturated heterocycles. The van der Waals surface area contributed by atoms with E-state index in [1.165, 1.54) is 19.2 Å². The molecule has 0 amide bonds. The predicted octanol–water partition coefficient (Wildman–Crippen LogP) is 2.69. The van der Waals surface area contributed by atoms with Crippen LogP contribution in [0.5, 0.6) is 17.2 Å². The summed E-state index contributed by atoms with van der Waals surface area (Å²) >= 11 is 2.89. The summed E-state index contributed by atoms with van der Waals surface area (Å²) in [4.78, 5) is 0. The van der Waals surface area contributed by atoms with Crippen molar-refractivity contribution in [3.05, 3.63) is 16.6 Å². The minimum atomic E-state index is -5.80. The van der Waals surface area contributed by atoms with Crippen LogP contribution in [0.1, 0.15) is 0 Å². The highest BCUT2D eigenvalue weighted by atomic mass is 79.9. The molecule has 0 heterocycles. The average Bonchev–Trinajstić information content (AvgIpc) is 2.30. The van der Waals surface area contributed by atoms with Crippen LogP contribution in [-0.4, -0.2) is 28.1 Å². The summed E-state index contributed by atoms with van der Waals surface area (Å²) in [7, 11) is -3.38. The summed E-state index contributed by atoms with van der Waals surface area (Å²) in [6.07, 6.45) is 0. The standard InChI is InChI=1S/C9H8BrF3O5S/c1-16-5-3-4-6(17-2)8(7(5)10)18-19(14,15)9(11,12)13/h3-4H,1-2H3. The van der Waals surface area contributed by atoms with Gasteiger partial charge in [0.15, 0.2) is 5.75 Å². The van der Waals surface area contributed by atoms with Gasteiger partial charge in [0.2, 0.25) is 5.75 Å². The smallest absolute Gasteiger partial charge is 0.495 e. The highest BCUT2D eigenvalue weighted by molar-refractivity contribution is 9.10. The highest BCUT2D eigenvalue weighted by Gasteiger charge is 2.49. The first-order valence-electron chi connectivity index (χ1n) is 4.55. The Bertz CT molecular complexity index is 570. The van der Waals surface area contributed by atoms with Gasteiger partial charge in [-0.05, 0) is 28.1 Å². The van der Waals surface area contributed by atoms with E-state index >= 15 is 0 Å². The summed E-state index contributed by atoms with van der Waals surface area (Å²) in [5.41, 5.74) is -5.54. The minimum Gasteiger partial charge on any atom is -0.495 e. The number of hydrogen-bond acceptors (Lipinski definition) is 5. The fourth-order valence-corrected chi connectivity index (χ4v) is 2.23. The quantitative estimate of drug-likeness (QED) is 0.607. The monoisotopic (exact) mass is 364 g/mol. The van der Waals surface area contributed by atoms with Gasteiger partial charge in [0, 0.05) is 0 Å². The third kappa shape index (κ3) is 3.24. The van der Waals surface area contributed by atoms with Crippen molar-refractivity contribution in [2.75, 3.05) is 14.2 Å². The topological polar surface area (TPSA) is 61.8 Å². The first kappa shape index (κ1) is 15.9. The van der Waals surface area contributed by atoms with Crippen LogP contribution in [0.4, 0.5) is 13.2 Å². The third-order valence-corrected chi connectivity index (χ3v) is 3.65. The van der Waals surface area contributed by atoms with Crippen LogP contribution in [-0.2, 0) is 10.1 Å². The van der Waals surface area contributed by atoms with E-state index in [-0.39, 0.29) is 16.0 Å². The van der Waals surface area contributed by atoms with Gasteiger partial charge in [-0.1, -0.05) is 0 Å². The Morgan fingerprint density at radius 2 is 1.58 bits per heavy atom. The highest BCUT2D eigenvalue weighted by Crippen LogP contribution is 2.43. The van der Waals surface area contributed by atoms with Crippen LogP contribution >= 0.6 is 15.9 Å². The zero-order valence-corrected chi connectivity index (χ0v) is 12.0. The molecule has 5 nitrogen and oxygen atoms in total.